The third kappa shape index (κ3) is 2.38. The molecule has 1 rings (SSSR count). The quantitative estimate of drug-likeness (QED) is 0.428. The fourth-order valence-electron chi connectivity index (χ4n) is 1.57. The third-order valence-electron chi connectivity index (χ3n) is 2.22. The molecule has 4 heteroatoms. The topological polar surface area (TPSA) is 41.1 Å². The highest BCUT2D eigenvalue weighted by molar-refractivity contribution is 6.57. The smallest absolute Gasteiger partial charge is 0.215 e. The van der Waals surface area contributed by atoms with Crippen LogP contribution in [-0.4, -0.2) is 32.8 Å². The van der Waals surface area contributed by atoms with Crippen LogP contribution in [0, 0.1) is 5.92 Å². The number of nitrogens with one attached hydrogen (secondary N) is 2. The molecule has 12 heavy (non-hydrogen) atoms. The first kappa shape index (κ1) is 9.32. The molecular formula is C8H15BN2O. The van der Waals surface area contributed by atoms with Gasteiger partial charge < -0.3 is 10.6 Å². The van der Waals surface area contributed by atoms with E-state index in [1.165, 1.54) is 0 Å². The lowest BCUT2D eigenvalue weighted by molar-refractivity contribution is 0.247. The molecule has 0 aliphatic carbocycles. The van der Waals surface area contributed by atoms with Gasteiger partial charge in [-0.2, -0.15) is 0 Å². The van der Waals surface area contributed by atoms with Gasteiger partial charge >= 0.3 is 0 Å². The molecule has 0 saturated carbocycles. The Bertz CT molecular complexity index is 184. The number of hydrogen-bond donors (Lipinski definition) is 2. The van der Waals surface area contributed by atoms with Crippen molar-refractivity contribution < 1.29 is 4.79 Å². The number of piperidine rings is 1. The van der Waals surface area contributed by atoms with E-state index in [2.05, 4.69) is 17.2 Å². The zero-order chi connectivity index (χ0) is 8.97. The second-order valence-electron chi connectivity index (χ2n) is 3.20. The maximum Gasteiger partial charge on any atom is 0.215 e. The second-order valence-corrected chi connectivity index (χ2v) is 3.20. The van der Waals surface area contributed by atoms with Gasteiger partial charge in [-0.1, -0.05) is 6.08 Å². The average molecular weight is 166 g/mol. The third-order valence-corrected chi connectivity index (χ3v) is 2.22. The molecule has 1 amide bonds. The van der Waals surface area contributed by atoms with Gasteiger partial charge in [0.25, 0.3) is 0 Å². The molecule has 3 nitrogen and oxygen atoms in total. The summed E-state index contributed by atoms with van der Waals surface area (Å²) in [6.07, 6.45) is 2.91. The molecular weight excluding hydrogens is 151 g/mol. The summed E-state index contributed by atoms with van der Waals surface area (Å²) in [6.45, 7) is 5.66. The molecule has 0 aromatic carbocycles. The Morgan fingerprint density at radius 2 is 2.50 bits per heavy atom. The molecule has 0 aromatic rings. The van der Waals surface area contributed by atoms with Gasteiger partial charge in [0, 0.05) is 18.5 Å². The maximum atomic E-state index is 10.8. The molecule has 1 heterocycles. The van der Waals surface area contributed by atoms with Gasteiger partial charge in [0.1, 0.15) is 0 Å². The highest BCUT2D eigenvalue weighted by atomic mass is 16.1. The summed E-state index contributed by atoms with van der Waals surface area (Å²) in [7, 11) is 1.56. The van der Waals surface area contributed by atoms with E-state index < -0.39 is 0 Å². The van der Waals surface area contributed by atoms with Gasteiger partial charge in [-0.25, -0.2) is 0 Å². The zero-order valence-corrected chi connectivity index (χ0v) is 7.47. The molecule has 2 atom stereocenters. The van der Waals surface area contributed by atoms with Crippen molar-refractivity contribution in [1.29, 1.82) is 0 Å². The molecule has 1 saturated heterocycles. The van der Waals surface area contributed by atoms with Crippen LogP contribution in [0.2, 0.25) is 0 Å². The number of amides is 1. The summed E-state index contributed by atoms with van der Waals surface area (Å²) in [6, 6.07) is 0.279. The molecule has 0 aromatic heterocycles. The lowest BCUT2D eigenvalue weighted by Gasteiger charge is -2.30. The normalized spacial score (nSPS) is 29.3. The minimum absolute atomic E-state index is 0.0498. The Morgan fingerprint density at radius 1 is 1.75 bits per heavy atom. The van der Waals surface area contributed by atoms with Crippen LogP contribution >= 0.6 is 0 Å². The lowest BCUT2D eigenvalue weighted by atomic mass is 9.92. The SMILES string of the molecule is BC(=O)N[C@H]1CCNC[C@@H]1C=C. The molecule has 1 aliphatic rings. The van der Waals surface area contributed by atoms with Gasteiger partial charge in [0.2, 0.25) is 7.85 Å². The van der Waals surface area contributed by atoms with E-state index >= 15 is 0 Å². The molecule has 0 spiro atoms. The lowest BCUT2D eigenvalue weighted by Crippen LogP contribution is -2.48. The summed E-state index contributed by atoms with van der Waals surface area (Å²) in [5.74, 6) is 0.427. The Hall–Kier alpha value is -0.765. The van der Waals surface area contributed by atoms with Gasteiger partial charge in [-0.05, 0) is 13.0 Å². The molecule has 1 fully saturated rings. The van der Waals surface area contributed by atoms with Crippen molar-refractivity contribution in [2.75, 3.05) is 13.1 Å². The second kappa shape index (κ2) is 4.31. The number of hydrogen-bond acceptors (Lipinski definition) is 2. The Morgan fingerprint density at radius 3 is 3.08 bits per heavy atom. The Balaban J connectivity index is 2.46. The van der Waals surface area contributed by atoms with Gasteiger partial charge in [-0.3, -0.25) is 4.79 Å². The van der Waals surface area contributed by atoms with Crippen molar-refractivity contribution in [1.82, 2.24) is 10.6 Å². The summed E-state index contributed by atoms with van der Waals surface area (Å²) >= 11 is 0. The van der Waals surface area contributed by atoms with Crippen LogP contribution in [-0.2, 0) is 0 Å². The predicted molar refractivity (Wildman–Crippen MR) is 52.0 cm³/mol. The molecule has 0 unspecified atom stereocenters. The Labute approximate surface area is 74.0 Å². The fraction of sp³-hybridized carbons (Fsp3) is 0.625. The van der Waals surface area contributed by atoms with Gasteiger partial charge in [-0.15, -0.1) is 6.58 Å². The van der Waals surface area contributed by atoms with E-state index in [0.717, 1.165) is 19.5 Å². The van der Waals surface area contributed by atoms with Crippen LogP contribution in [0.4, 0.5) is 4.79 Å². The van der Waals surface area contributed by atoms with Crippen LogP contribution < -0.4 is 10.6 Å². The maximum absolute atomic E-state index is 10.8. The average Bonchev–Trinajstić information content (AvgIpc) is 2.04. The van der Waals surface area contributed by atoms with Crippen LogP contribution in [0.25, 0.3) is 0 Å². The van der Waals surface area contributed by atoms with Crippen LogP contribution in [0.1, 0.15) is 6.42 Å². The number of carbonyl (C=O) groups is 1. The number of carbonyl (C=O) groups excluding carboxylic acids is 1. The van der Waals surface area contributed by atoms with E-state index in [4.69, 9.17) is 0 Å². The highest BCUT2D eigenvalue weighted by Gasteiger charge is 2.22. The predicted octanol–water partition coefficient (Wildman–Crippen LogP) is -0.507. The van der Waals surface area contributed by atoms with Crippen LogP contribution in [0.3, 0.4) is 0 Å². The van der Waals surface area contributed by atoms with Gasteiger partial charge in [0.15, 0.2) is 5.81 Å². The molecule has 66 valence electrons. The minimum Gasteiger partial charge on any atom is -0.362 e. The van der Waals surface area contributed by atoms with E-state index in [0.29, 0.717) is 5.92 Å². The van der Waals surface area contributed by atoms with Gasteiger partial charge in [0.05, 0.1) is 0 Å². The van der Waals surface area contributed by atoms with Crippen molar-refractivity contribution in [2.45, 2.75) is 12.5 Å². The van der Waals surface area contributed by atoms with E-state index in [1.54, 1.807) is 7.85 Å². The van der Waals surface area contributed by atoms with Crippen molar-refractivity contribution >= 4 is 13.7 Å². The monoisotopic (exact) mass is 166 g/mol. The summed E-state index contributed by atoms with van der Waals surface area (Å²) in [5, 5.41) is 6.20. The first-order chi connectivity index (χ1) is 5.74. The van der Waals surface area contributed by atoms with Crippen molar-refractivity contribution in [3.8, 4) is 0 Å². The summed E-state index contributed by atoms with van der Waals surface area (Å²) < 4.78 is 0. The fourth-order valence-corrected chi connectivity index (χ4v) is 1.57. The van der Waals surface area contributed by atoms with E-state index in [9.17, 15) is 4.79 Å². The highest BCUT2D eigenvalue weighted by Crippen LogP contribution is 2.11. The van der Waals surface area contributed by atoms with Crippen molar-refractivity contribution in [3.05, 3.63) is 12.7 Å². The minimum atomic E-state index is 0.0498. The van der Waals surface area contributed by atoms with E-state index in [-0.39, 0.29) is 11.8 Å². The number of rotatable bonds is 2. The standard InChI is InChI=1S/C8H15BN2O/c1-2-6-5-10-4-3-7(6)11-8(9)12/h2,6-7,10H,1,3-5,9H2,(H,11,12)/t6-,7-/m0/s1. The van der Waals surface area contributed by atoms with Crippen LogP contribution in [0.5, 0.6) is 0 Å². The Kier molecular flexibility index (Phi) is 3.35. The van der Waals surface area contributed by atoms with Crippen molar-refractivity contribution in [3.63, 3.8) is 0 Å². The first-order valence-electron chi connectivity index (χ1n) is 4.34. The molecule has 0 radical (unpaired) electrons. The first-order valence-corrected chi connectivity index (χ1v) is 4.34. The van der Waals surface area contributed by atoms with E-state index in [1.807, 2.05) is 6.08 Å². The largest absolute Gasteiger partial charge is 0.362 e. The zero-order valence-electron chi connectivity index (χ0n) is 7.47. The molecule has 2 N–H and O–H groups in total. The summed E-state index contributed by atoms with van der Waals surface area (Å²) in [4.78, 5) is 10.8. The van der Waals surface area contributed by atoms with Crippen molar-refractivity contribution in [2.24, 2.45) is 5.92 Å². The summed E-state index contributed by atoms with van der Waals surface area (Å²) in [5.41, 5.74) is 0. The molecule has 1 aliphatic heterocycles. The molecule has 0 bridgehead atoms. The van der Waals surface area contributed by atoms with Crippen LogP contribution in [0.15, 0.2) is 12.7 Å².